The first-order valence-electron chi connectivity index (χ1n) is 8.85. The number of thiophene rings is 1. The fraction of sp³-hybridized carbons (Fsp3) is 0.611. The summed E-state index contributed by atoms with van der Waals surface area (Å²) >= 11 is 1.60. The lowest BCUT2D eigenvalue weighted by Gasteiger charge is -2.31. The number of hydrogen-bond donors (Lipinski definition) is 0. The fourth-order valence-electron chi connectivity index (χ4n) is 3.85. The summed E-state index contributed by atoms with van der Waals surface area (Å²) < 4.78 is 1.80. The van der Waals surface area contributed by atoms with E-state index in [2.05, 4.69) is 10.4 Å². The van der Waals surface area contributed by atoms with Crippen LogP contribution in [-0.4, -0.2) is 33.4 Å². The van der Waals surface area contributed by atoms with E-state index >= 15 is 0 Å². The quantitative estimate of drug-likeness (QED) is 0.859. The molecule has 0 atom stereocenters. The van der Waals surface area contributed by atoms with Gasteiger partial charge in [0.15, 0.2) is 0 Å². The largest absolute Gasteiger partial charge is 0.343 e. The Hall–Kier alpha value is -1.69. The number of carbonyl (C=O) groups excluding carboxylic acids is 1. The first-order valence-corrected chi connectivity index (χ1v) is 9.73. The highest BCUT2D eigenvalue weighted by atomic mass is 32.1. The van der Waals surface area contributed by atoms with Gasteiger partial charge in [0.05, 0.1) is 11.7 Å². The van der Waals surface area contributed by atoms with Crippen LogP contribution in [0.2, 0.25) is 0 Å². The standard InChI is InChI=1S/C18H23N3O2S/c1-12(22)20-7-5-13(6-8-20)9-21-11-19-17-16(18(21)23)15(10-24-17)14-3-2-4-14/h10-11,13-14H,2-9H2,1H3. The Morgan fingerprint density at radius 2 is 2.04 bits per heavy atom. The van der Waals surface area contributed by atoms with E-state index in [0.29, 0.717) is 18.4 Å². The first-order chi connectivity index (χ1) is 11.6. The molecular weight excluding hydrogens is 322 g/mol. The van der Waals surface area contributed by atoms with Crippen molar-refractivity contribution in [1.82, 2.24) is 14.5 Å². The van der Waals surface area contributed by atoms with Crippen molar-refractivity contribution >= 4 is 27.5 Å². The summed E-state index contributed by atoms with van der Waals surface area (Å²) in [5.41, 5.74) is 1.34. The molecule has 0 N–H and O–H groups in total. The average Bonchev–Trinajstić information content (AvgIpc) is 2.93. The van der Waals surface area contributed by atoms with E-state index in [1.54, 1.807) is 29.2 Å². The van der Waals surface area contributed by atoms with Crippen LogP contribution in [0.5, 0.6) is 0 Å². The molecule has 5 nitrogen and oxygen atoms in total. The van der Waals surface area contributed by atoms with Gasteiger partial charge in [0.25, 0.3) is 5.56 Å². The lowest BCUT2D eigenvalue weighted by atomic mass is 9.80. The summed E-state index contributed by atoms with van der Waals surface area (Å²) in [6.07, 6.45) is 7.30. The average molecular weight is 345 g/mol. The maximum atomic E-state index is 13.0. The van der Waals surface area contributed by atoms with E-state index in [1.807, 2.05) is 4.90 Å². The van der Waals surface area contributed by atoms with Gasteiger partial charge in [-0.15, -0.1) is 11.3 Å². The third-order valence-electron chi connectivity index (χ3n) is 5.65. The third kappa shape index (κ3) is 2.77. The highest BCUT2D eigenvalue weighted by Gasteiger charge is 2.26. The van der Waals surface area contributed by atoms with Gasteiger partial charge in [-0.1, -0.05) is 6.42 Å². The lowest BCUT2D eigenvalue weighted by Crippen LogP contribution is -2.38. The molecule has 1 aliphatic heterocycles. The molecule has 0 spiro atoms. The van der Waals surface area contributed by atoms with Crippen LogP contribution >= 0.6 is 11.3 Å². The van der Waals surface area contributed by atoms with E-state index in [1.165, 1.54) is 24.8 Å². The van der Waals surface area contributed by atoms with E-state index in [-0.39, 0.29) is 11.5 Å². The Kier molecular flexibility index (Phi) is 4.16. The van der Waals surface area contributed by atoms with Crippen molar-refractivity contribution in [2.24, 2.45) is 5.92 Å². The van der Waals surface area contributed by atoms with Crippen molar-refractivity contribution in [3.8, 4) is 0 Å². The molecule has 1 aliphatic carbocycles. The summed E-state index contributed by atoms with van der Waals surface area (Å²) in [5, 5.41) is 2.99. The van der Waals surface area contributed by atoms with Crippen LogP contribution < -0.4 is 5.56 Å². The molecule has 1 saturated carbocycles. The van der Waals surface area contributed by atoms with Crippen LogP contribution in [0.15, 0.2) is 16.5 Å². The van der Waals surface area contributed by atoms with Crippen molar-refractivity contribution in [3.63, 3.8) is 0 Å². The molecule has 4 rings (SSSR count). The van der Waals surface area contributed by atoms with Crippen molar-refractivity contribution in [1.29, 1.82) is 0 Å². The molecule has 24 heavy (non-hydrogen) atoms. The Balaban J connectivity index is 1.55. The second-order valence-corrected chi connectivity index (χ2v) is 8.01. The maximum Gasteiger partial charge on any atom is 0.262 e. The first kappa shape index (κ1) is 15.8. The second kappa shape index (κ2) is 6.31. The van der Waals surface area contributed by atoms with E-state index in [0.717, 1.165) is 36.1 Å². The van der Waals surface area contributed by atoms with E-state index in [9.17, 15) is 9.59 Å². The number of piperidine rings is 1. The van der Waals surface area contributed by atoms with Crippen LogP contribution in [0.25, 0.3) is 10.2 Å². The van der Waals surface area contributed by atoms with Gasteiger partial charge in [-0.25, -0.2) is 4.98 Å². The predicted octanol–water partition coefficient (Wildman–Crippen LogP) is 2.98. The molecule has 6 heteroatoms. The molecule has 1 saturated heterocycles. The highest BCUT2D eigenvalue weighted by molar-refractivity contribution is 7.16. The third-order valence-corrected chi connectivity index (χ3v) is 6.55. The number of aromatic nitrogens is 2. The Morgan fingerprint density at radius 3 is 2.67 bits per heavy atom. The van der Waals surface area contributed by atoms with Crippen LogP contribution in [0, 0.1) is 5.92 Å². The van der Waals surface area contributed by atoms with Crippen molar-refractivity contribution in [3.05, 3.63) is 27.6 Å². The van der Waals surface area contributed by atoms with Crippen LogP contribution in [0.3, 0.4) is 0 Å². The van der Waals surface area contributed by atoms with Gasteiger partial charge in [0.1, 0.15) is 4.83 Å². The SMILES string of the molecule is CC(=O)N1CCC(Cn2cnc3scc(C4CCC4)c3c2=O)CC1. The van der Waals surface area contributed by atoms with Crippen LogP contribution in [-0.2, 0) is 11.3 Å². The maximum absolute atomic E-state index is 13.0. The fourth-order valence-corrected chi connectivity index (χ4v) is 4.83. The predicted molar refractivity (Wildman–Crippen MR) is 95.5 cm³/mol. The Bertz CT molecular complexity index is 813. The number of hydrogen-bond acceptors (Lipinski definition) is 4. The van der Waals surface area contributed by atoms with Gasteiger partial charge in [-0.3, -0.25) is 14.2 Å². The van der Waals surface area contributed by atoms with Gasteiger partial charge in [-0.2, -0.15) is 0 Å². The molecule has 2 aromatic heterocycles. The molecular formula is C18H23N3O2S. The molecule has 2 aromatic rings. The monoisotopic (exact) mass is 345 g/mol. The number of rotatable bonds is 3. The summed E-state index contributed by atoms with van der Waals surface area (Å²) in [5.74, 6) is 1.16. The number of fused-ring (bicyclic) bond motifs is 1. The smallest absolute Gasteiger partial charge is 0.262 e. The zero-order chi connectivity index (χ0) is 16.7. The molecule has 0 unspecified atom stereocenters. The zero-order valence-corrected chi connectivity index (χ0v) is 14.8. The summed E-state index contributed by atoms with van der Waals surface area (Å²) in [4.78, 5) is 31.7. The van der Waals surface area contributed by atoms with E-state index < -0.39 is 0 Å². The van der Waals surface area contributed by atoms with Crippen molar-refractivity contribution in [2.45, 2.75) is 51.5 Å². The van der Waals surface area contributed by atoms with Crippen LogP contribution in [0.4, 0.5) is 0 Å². The lowest BCUT2D eigenvalue weighted by molar-refractivity contribution is -0.130. The second-order valence-electron chi connectivity index (χ2n) is 7.15. The van der Waals surface area contributed by atoms with Gasteiger partial charge in [-0.05, 0) is 48.5 Å². The minimum absolute atomic E-state index is 0.122. The number of amides is 1. The zero-order valence-electron chi connectivity index (χ0n) is 14.0. The molecule has 0 radical (unpaired) electrons. The minimum atomic E-state index is 0.122. The molecule has 3 heterocycles. The summed E-state index contributed by atoms with van der Waals surface area (Å²) in [6, 6.07) is 0. The molecule has 1 amide bonds. The summed E-state index contributed by atoms with van der Waals surface area (Å²) in [7, 11) is 0. The highest BCUT2D eigenvalue weighted by Crippen LogP contribution is 2.40. The number of carbonyl (C=O) groups is 1. The number of nitrogens with zero attached hydrogens (tertiary/aromatic N) is 3. The molecule has 0 bridgehead atoms. The molecule has 2 aliphatic rings. The molecule has 128 valence electrons. The number of likely N-dealkylation sites (tertiary alicyclic amines) is 1. The Labute approximate surface area is 145 Å². The van der Waals surface area contributed by atoms with Gasteiger partial charge >= 0.3 is 0 Å². The Morgan fingerprint density at radius 1 is 1.29 bits per heavy atom. The van der Waals surface area contributed by atoms with E-state index in [4.69, 9.17) is 0 Å². The minimum Gasteiger partial charge on any atom is -0.343 e. The molecule has 2 fully saturated rings. The normalized spacial score (nSPS) is 19.6. The van der Waals surface area contributed by atoms with Crippen molar-refractivity contribution in [2.75, 3.05) is 13.1 Å². The summed E-state index contributed by atoms with van der Waals surface area (Å²) in [6.45, 7) is 3.95. The van der Waals surface area contributed by atoms with Gasteiger partial charge in [0, 0.05) is 26.6 Å². The van der Waals surface area contributed by atoms with Crippen molar-refractivity contribution < 1.29 is 4.79 Å². The topological polar surface area (TPSA) is 55.2 Å². The van der Waals surface area contributed by atoms with Gasteiger partial charge < -0.3 is 4.90 Å². The van der Waals surface area contributed by atoms with Crippen LogP contribution in [0.1, 0.15) is 50.5 Å². The molecule has 0 aromatic carbocycles. The van der Waals surface area contributed by atoms with Gasteiger partial charge in [0.2, 0.25) is 5.91 Å².